The second kappa shape index (κ2) is 5.96. The minimum Gasteiger partial charge on any atom is -0.392 e. The van der Waals surface area contributed by atoms with E-state index in [2.05, 4.69) is 20.7 Å². The first kappa shape index (κ1) is 16.9. The lowest BCUT2D eigenvalue weighted by Crippen LogP contribution is -2.61. The first-order valence-corrected chi connectivity index (χ1v) is 8.94. The van der Waals surface area contributed by atoms with Crippen LogP contribution in [0.4, 0.5) is 0 Å². The first-order chi connectivity index (χ1) is 9.72. The van der Waals surface area contributed by atoms with E-state index >= 15 is 0 Å². The molecule has 1 aliphatic carbocycles. The van der Waals surface area contributed by atoms with Crippen LogP contribution >= 0.6 is 15.9 Å². The van der Waals surface area contributed by atoms with E-state index in [0.29, 0.717) is 16.5 Å². The van der Waals surface area contributed by atoms with Gasteiger partial charge in [-0.1, -0.05) is 19.9 Å². The Morgan fingerprint density at radius 2 is 2.14 bits per heavy atom. The molecule has 21 heavy (non-hydrogen) atoms. The predicted molar refractivity (Wildman–Crippen MR) is 83.4 cm³/mol. The molecule has 118 valence electrons. The molecule has 7 heteroatoms. The van der Waals surface area contributed by atoms with Crippen molar-refractivity contribution in [3.8, 4) is 0 Å². The van der Waals surface area contributed by atoms with Gasteiger partial charge < -0.3 is 9.84 Å². The second-order valence-electron chi connectivity index (χ2n) is 5.88. The smallest absolute Gasteiger partial charge is 0.241 e. The molecule has 1 aromatic rings. The number of hydrogen-bond acceptors (Lipinski definition) is 4. The molecule has 0 aliphatic heterocycles. The summed E-state index contributed by atoms with van der Waals surface area (Å²) >= 11 is 3.25. The lowest BCUT2D eigenvalue weighted by atomic mass is 9.65. The van der Waals surface area contributed by atoms with E-state index in [1.54, 1.807) is 19.2 Å². The van der Waals surface area contributed by atoms with Gasteiger partial charge in [-0.05, 0) is 40.0 Å². The van der Waals surface area contributed by atoms with Gasteiger partial charge in [-0.25, -0.2) is 13.1 Å². The van der Waals surface area contributed by atoms with Gasteiger partial charge in [0, 0.05) is 23.0 Å². The van der Waals surface area contributed by atoms with Crippen molar-refractivity contribution >= 4 is 26.0 Å². The van der Waals surface area contributed by atoms with Crippen LogP contribution in [0.1, 0.15) is 25.8 Å². The molecule has 0 bridgehead atoms. The number of halogens is 1. The van der Waals surface area contributed by atoms with E-state index in [1.165, 1.54) is 6.07 Å². The zero-order valence-corrected chi connectivity index (χ0v) is 14.7. The Labute approximate surface area is 133 Å². The van der Waals surface area contributed by atoms with Crippen molar-refractivity contribution in [1.82, 2.24) is 4.72 Å². The Morgan fingerprint density at radius 1 is 1.48 bits per heavy atom. The highest BCUT2D eigenvalue weighted by molar-refractivity contribution is 9.10. The molecule has 1 aliphatic rings. The minimum atomic E-state index is -3.65. The molecule has 0 aromatic heterocycles. The predicted octanol–water partition coefficient (Wildman–Crippen LogP) is 2.03. The Bertz CT molecular complexity index is 630. The molecular weight excluding hydrogens is 358 g/mol. The summed E-state index contributed by atoms with van der Waals surface area (Å²) in [6.07, 6.45) is 0.706. The van der Waals surface area contributed by atoms with Crippen LogP contribution in [-0.2, 0) is 21.4 Å². The Morgan fingerprint density at radius 3 is 2.67 bits per heavy atom. The van der Waals surface area contributed by atoms with Crippen LogP contribution in [0.15, 0.2) is 27.6 Å². The Kier molecular flexibility index (Phi) is 4.80. The van der Waals surface area contributed by atoms with E-state index in [0.717, 1.165) is 0 Å². The lowest BCUT2D eigenvalue weighted by Gasteiger charge is -2.50. The van der Waals surface area contributed by atoms with E-state index in [1.807, 2.05) is 13.8 Å². The topological polar surface area (TPSA) is 75.6 Å². The molecule has 1 fully saturated rings. The first-order valence-electron chi connectivity index (χ1n) is 6.66. The summed E-state index contributed by atoms with van der Waals surface area (Å²) in [6, 6.07) is 4.62. The SMILES string of the molecule is COC1CC(NS(=O)(=O)c2cc(CO)ccc2Br)C1(C)C. The molecule has 5 nitrogen and oxygen atoms in total. The molecule has 2 rings (SSSR count). The van der Waals surface area contributed by atoms with Crippen LogP contribution in [-0.4, -0.2) is 32.8 Å². The fourth-order valence-corrected chi connectivity index (χ4v) is 5.01. The zero-order valence-electron chi connectivity index (χ0n) is 12.3. The zero-order chi connectivity index (χ0) is 15.8. The molecule has 0 saturated heterocycles. The largest absolute Gasteiger partial charge is 0.392 e. The molecule has 0 spiro atoms. The third kappa shape index (κ3) is 3.17. The average Bonchev–Trinajstić information content (AvgIpc) is 2.43. The maximum absolute atomic E-state index is 12.5. The van der Waals surface area contributed by atoms with Gasteiger partial charge in [0.2, 0.25) is 10.0 Å². The maximum atomic E-state index is 12.5. The van der Waals surface area contributed by atoms with Crippen molar-refractivity contribution in [2.75, 3.05) is 7.11 Å². The van der Waals surface area contributed by atoms with Crippen LogP contribution in [0.2, 0.25) is 0 Å². The number of ether oxygens (including phenoxy) is 1. The second-order valence-corrected chi connectivity index (χ2v) is 8.41. The highest BCUT2D eigenvalue weighted by Gasteiger charge is 2.50. The molecule has 0 amide bonds. The Hall–Kier alpha value is -0.470. The molecule has 0 heterocycles. The van der Waals surface area contributed by atoms with Crippen molar-refractivity contribution in [2.24, 2.45) is 5.41 Å². The number of aliphatic hydroxyl groups is 1. The monoisotopic (exact) mass is 377 g/mol. The third-order valence-electron chi connectivity index (χ3n) is 4.23. The highest BCUT2D eigenvalue weighted by atomic mass is 79.9. The fourth-order valence-electron chi connectivity index (χ4n) is 2.59. The normalized spacial score (nSPS) is 24.6. The van der Waals surface area contributed by atoms with Crippen LogP contribution in [0.5, 0.6) is 0 Å². The highest BCUT2D eigenvalue weighted by Crippen LogP contribution is 2.43. The van der Waals surface area contributed by atoms with E-state index < -0.39 is 10.0 Å². The molecule has 1 saturated carbocycles. The number of aliphatic hydroxyl groups excluding tert-OH is 1. The van der Waals surface area contributed by atoms with Crippen LogP contribution in [0.25, 0.3) is 0 Å². The number of hydrogen-bond donors (Lipinski definition) is 2. The summed E-state index contributed by atoms with van der Waals surface area (Å²) in [5.41, 5.74) is 0.310. The quantitative estimate of drug-likeness (QED) is 0.822. The van der Waals surface area contributed by atoms with Crippen LogP contribution in [0.3, 0.4) is 0 Å². The van der Waals surface area contributed by atoms with Crippen molar-refractivity contribution in [1.29, 1.82) is 0 Å². The summed E-state index contributed by atoms with van der Waals surface area (Å²) in [5.74, 6) is 0. The van der Waals surface area contributed by atoms with Crippen molar-refractivity contribution < 1.29 is 18.3 Å². The van der Waals surface area contributed by atoms with Crippen molar-refractivity contribution in [3.05, 3.63) is 28.2 Å². The fraction of sp³-hybridized carbons (Fsp3) is 0.571. The molecule has 2 unspecified atom stereocenters. The van der Waals surface area contributed by atoms with Gasteiger partial charge in [0.05, 0.1) is 17.6 Å². The molecule has 1 aromatic carbocycles. The summed E-state index contributed by atoms with van der Waals surface area (Å²) < 4.78 is 33.6. The maximum Gasteiger partial charge on any atom is 0.241 e. The van der Waals surface area contributed by atoms with E-state index in [9.17, 15) is 8.42 Å². The van der Waals surface area contributed by atoms with E-state index in [4.69, 9.17) is 9.84 Å². The summed E-state index contributed by atoms with van der Waals surface area (Å²) in [5, 5.41) is 9.16. The van der Waals surface area contributed by atoms with Gasteiger partial charge in [0.25, 0.3) is 0 Å². The number of benzene rings is 1. The number of methoxy groups -OCH3 is 1. The average molecular weight is 378 g/mol. The summed E-state index contributed by atoms with van der Waals surface area (Å²) in [7, 11) is -2.01. The van der Waals surface area contributed by atoms with Crippen molar-refractivity contribution in [2.45, 2.75) is 43.9 Å². The summed E-state index contributed by atoms with van der Waals surface area (Å²) in [4.78, 5) is 0.144. The number of nitrogens with one attached hydrogen (secondary N) is 1. The van der Waals surface area contributed by atoms with Crippen LogP contribution < -0.4 is 4.72 Å². The standard InChI is InChI=1S/C14H20BrNO4S/c1-14(2)12(7-13(14)20-3)16-21(18,19)11-6-9(8-17)4-5-10(11)15/h4-6,12-13,16-17H,7-8H2,1-3H3. The van der Waals surface area contributed by atoms with Gasteiger partial charge in [-0.3, -0.25) is 0 Å². The van der Waals surface area contributed by atoms with Gasteiger partial charge in [0.1, 0.15) is 0 Å². The summed E-state index contributed by atoms with van der Waals surface area (Å²) in [6.45, 7) is 3.77. The minimum absolute atomic E-state index is 0.0532. The van der Waals surface area contributed by atoms with Gasteiger partial charge in [0.15, 0.2) is 0 Å². The number of rotatable bonds is 5. The van der Waals surface area contributed by atoms with Crippen molar-refractivity contribution in [3.63, 3.8) is 0 Å². The van der Waals surface area contributed by atoms with Gasteiger partial charge in [-0.15, -0.1) is 0 Å². The molecule has 2 atom stereocenters. The third-order valence-corrected chi connectivity index (χ3v) is 6.69. The molecule has 0 radical (unpaired) electrons. The molecule has 2 N–H and O–H groups in total. The van der Waals surface area contributed by atoms with Gasteiger partial charge in [-0.2, -0.15) is 0 Å². The van der Waals surface area contributed by atoms with Gasteiger partial charge >= 0.3 is 0 Å². The Balaban J connectivity index is 2.24. The van der Waals surface area contributed by atoms with Crippen LogP contribution in [0, 0.1) is 5.41 Å². The lowest BCUT2D eigenvalue weighted by molar-refractivity contribution is -0.0908. The van der Waals surface area contributed by atoms with E-state index in [-0.39, 0.29) is 29.1 Å². The molecular formula is C14H20BrNO4S. The number of sulfonamides is 1.